The first kappa shape index (κ1) is 16.3. The van der Waals surface area contributed by atoms with Crippen LogP contribution in [0.15, 0.2) is 54.7 Å². The first-order chi connectivity index (χ1) is 12.6. The van der Waals surface area contributed by atoms with Gasteiger partial charge in [0.25, 0.3) is 0 Å². The molecule has 2 aromatic carbocycles. The maximum atomic E-state index is 13.1. The van der Waals surface area contributed by atoms with Crippen molar-refractivity contribution in [2.45, 2.75) is 18.8 Å². The van der Waals surface area contributed by atoms with E-state index in [9.17, 15) is 13.6 Å². The maximum Gasteiger partial charge on any atom is 0.227 e. The summed E-state index contributed by atoms with van der Waals surface area (Å²) in [5.41, 5.74) is 2.75. The van der Waals surface area contributed by atoms with Gasteiger partial charge in [0.2, 0.25) is 5.95 Å². The second-order valence-corrected chi connectivity index (χ2v) is 6.27. The predicted molar refractivity (Wildman–Crippen MR) is 93.5 cm³/mol. The SMILES string of the molecule is O=C1C[C@H](c2ccc(F)cc2)Cc2nc(Nc3ccc(F)cc3)ncc21. The molecule has 3 aromatic rings. The topological polar surface area (TPSA) is 54.9 Å². The molecule has 130 valence electrons. The van der Waals surface area contributed by atoms with E-state index in [0.29, 0.717) is 35.7 Å². The average Bonchev–Trinajstić information content (AvgIpc) is 2.64. The molecule has 0 saturated carbocycles. The summed E-state index contributed by atoms with van der Waals surface area (Å²) in [5, 5.41) is 3.01. The molecule has 1 aliphatic rings. The van der Waals surface area contributed by atoms with Gasteiger partial charge in [0.1, 0.15) is 11.6 Å². The minimum Gasteiger partial charge on any atom is -0.324 e. The molecule has 0 fully saturated rings. The Bertz CT molecular complexity index is 956. The molecule has 4 rings (SSSR count). The molecule has 0 unspecified atom stereocenters. The monoisotopic (exact) mass is 351 g/mol. The van der Waals surface area contributed by atoms with Gasteiger partial charge in [-0.05, 0) is 54.3 Å². The quantitative estimate of drug-likeness (QED) is 0.759. The van der Waals surface area contributed by atoms with Crippen LogP contribution in [0.1, 0.15) is 34.0 Å². The number of carbonyl (C=O) groups excluding carboxylic acids is 1. The van der Waals surface area contributed by atoms with Gasteiger partial charge in [0.05, 0.1) is 11.3 Å². The van der Waals surface area contributed by atoms with Crippen molar-refractivity contribution in [1.82, 2.24) is 9.97 Å². The number of nitrogens with one attached hydrogen (secondary N) is 1. The molecule has 1 aliphatic carbocycles. The second-order valence-electron chi connectivity index (χ2n) is 6.27. The van der Waals surface area contributed by atoms with Crippen LogP contribution in [-0.2, 0) is 6.42 Å². The fourth-order valence-electron chi connectivity index (χ4n) is 3.14. The minimum atomic E-state index is -0.324. The Morgan fingerprint density at radius 2 is 1.58 bits per heavy atom. The van der Waals surface area contributed by atoms with Gasteiger partial charge in [-0.1, -0.05) is 12.1 Å². The third kappa shape index (κ3) is 3.31. The molecular weight excluding hydrogens is 336 g/mol. The van der Waals surface area contributed by atoms with Crippen LogP contribution in [0.4, 0.5) is 20.4 Å². The van der Waals surface area contributed by atoms with Gasteiger partial charge in [-0.25, -0.2) is 18.7 Å². The molecule has 1 heterocycles. The highest BCUT2D eigenvalue weighted by atomic mass is 19.1. The van der Waals surface area contributed by atoms with E-state index in [0.717, 1.165) is 5.56 Å². The fourth-order valence-corrected chi connectivity index (χ4v) is 3.14. The lowest BCUT2D eigenvalue weighted by atomic mass is 9.82. The molecule has 0 aliphatic heterocycles. The lowest BCUT2D eigenvalue weighted by molar-refractivity contribution is 0.0962. The third-order valence-corrected chi connectivity index (χ3v) is 4.48. The molecule has 26 heavy (non-hydrogen) atoms. The van der Waals surface area contributed by atoms with Crippen LogP contribution in [0, 0.1) is 11.6 Å². The van der Waals surface area contributed by atoms with Crippen molar-refractivity contribution in [3.63, 3.8) is 0 Å². The number of hydrogen-bond acceptors (Lipinski definition) is 4. The number of rotatable bonds is 3. The maximum absolute atomic E-state index is 13.1. The molecule has 0 radical (unpaired) electrons. The summed E-state index contributed by atoms with van der Waals surface area (Å²) >= 11 is 0. The van der Waals surface area contributed by atoms with Crippen LogP contribution in [0.25, 0.3) is 0 Å². The molecule has 1 N–H and O–H groups in total. The van der Waals surface area contributed by atoms with Gasteiger partial charge in [0, 0.05) is 18.3 Å². The zero-order valence-corrected chi connectivity index (χ0v) is 13.7. The van der Waals surface area contributed by atoms with Gasteiger partial charge in [-0.2, -0.15) is 0 Å². The normalized spacial score (nSPS) is 16.2. The largest absolute Gasteiger partial charge is 0.324 e. The summed E-state index contributed by atoms with van der Waals surface area (Å²) in [6, 6.07) is 12.1. The molecule has 6 heteroatoms. The Balaban J connectivity index is 1.60. The van der Waals surface area contributed by atoms with Crippen LogP contribution in [0.2, 0.25) is 0 Å². The molecule has 0 bridgehead atoms. The van der Waals surface area contributed by atoms with Crippen LogP contribution < -0.4 is 5.32 Å². The van der Waals surface area contributed by atoms with Crippen molar-refractivity contribution < 1.29 is 13.6 Å². The van der Waals surface area contributed by atoms with Crippen LogP contribution in [0.3, 0.4) is 0 Å². The Kier molecular flexibility index (Phi) is 4.16. The van der Waals surface area contributed by atoms with E-state index in [1.54, 1.807) is 24.3 Å². The highest BCUT2D eigenvalue weighted by molar-refractivity contribution is 5.98. The summed E-state index contributed by atoms with van der Waals surface area (Å²) in [6.45, 7) is 0. The van der Waals surface area contributed by atoms with Crippen molar-refractivity contribution in [3.05, 3.63) is 83.2 Å². The fraction of sp³-hybridized carbons (Fsp3) is 0.150. The molecule has 0 spiro atoms. The van der Waals surface area contributed by atoms with Gasteiger partial charge in [-0.15, -0.1) is 0 Å². The Hall–Kier alpha value is -3.15. The number of halogens is 2. The lowest BCUT2D eigenvalue weighted by Crippen LogP contribution is -2.21. The van der Waals surface area contributed by atoms with Crippen LogP contribution >= 0.6 is 0 Å². The zero-order chi connectivity index (χ0) is 18.1. The predicted octanol–water partition coefficient (Wildman–Crippen LogP) is 4.41. The molecule has 1 aromatic heterocycles. The van der Waals surface area contributed by atoms with Crippen molar-refractivity contribution >= 4 is 17.4 Å². The van der Waals surface area contributed by atoms with Gasteiger partial charge >= 0.3 is 0 Å². The van der Waals surface area contributed by atoms with E-state index < -0.39 is 0 Å². The summed E-state index contributed by atoms with van der Waals surface area (Å²) in [7, 11) is 0. The minimum absolute atomic E-state index is 0.0195. The number of nitrogens with zero attached hydrogens (tertiary/aromatic N) is 2. The average molecular weight is 351 g/mol. The number of aromatic nitrogens is 2. The molecule has 1 atom stereocenters. The van der Waals surface area contributed by atoms with Crippen molar-refractivity contribution in [2.24, 2.45) is 0 Å². The van der Waals surface area contributed by atoms with Crippen molar-refractivity contribution in [3.8, 4) is 0 Å². The van der Waals surface area contributed by atoms with E-state index >= 15 is 0 Å². The highest BCUT2D eigenvalue weighted by Gasteiger charge is 2.28. The number of carbonyl (C=O) groups is 1. The molecular formula is C20H15F2N3O. The number of Topliss-reactive ketones (excluding diaryl/α,β-unsaturated/α-hetero) is 1. The second kappa shape index (κ2) is 6.63. The van der Waals surface area contributed by atoms with Gasteiger partial charge < -0.3 is 5.32 Å². The Labute approximate surface area is 148 Å². The Morgan fingerprint density at radius 3 is 2.27 bits per heavy atom. The zero-order valence-electron chi connectivity index (χ0n) is 13.7. The number of ketones is 1. The number of hydrogen-bond donors (Lipinski definition) is 1. The summed E-state index contributed by atoms with van der Waals surface area (Å²) in [6.07, 6.45) is 2.46. The van der Waals surface area contributed by atoms with Gasteiger partial charge in [0.15, 0.2) is 5.78 Å². The highest BCUT2D eigenvalue weighted by Crippen LogP contribution is 2.32. The summed E-state index contributed by atoms with van der Waals surface area (Å²) in [5.74, 6) is -0.333. The van der Waals surface area contributed by atoms with Crippen molar-refractivity contribution in [1.29, 1.82) is 0 Å². The standard InChI is InChI=1S/C20H15F2N3O/c21-14-3-1-12(2-4-14)13-9-18-17(19(26)10-13)11-23-20(25-18)24-16-7-5-15(22)6-8-16/h1-8,11,13H,9-10H2,(H,23,24,25)/t13-/m1/s1. The molecule has 0 saturated heterocycles. The lowest BCUT2D eigenvalue weighted by Gasteiger charge is -2.23. The number of benzene rings is 2. The molecule has 0 amide bonds. The van der Waals surface area contributed by atoms with E-state index in [4.69, 9.17) is 0 Å². The third-order valence-electron chi connectivity index (χ3n) is 4.48. The van der Waals surface area contributed by atoms with E-state index in [2.05, 4.69) is 15.3 Å². The van der Waals surface area contributed by atoms with E-state index in [1.165, 1.54) is 30.5 Å². The molecule has 4 nitrogen and oxygen atoms in total. The smallest absolute Gasteiger partial charge is 0.227 e. The number of fused-ring (bicyclic) bond motifs is 1. The van der Waals surface area contributed by atoms with Gasteiger partial charge in [-0.3, -0.25) is 4.79 Å². The summed E-state index contributed by atoms with van der Waals surface area (Å²) < 4.78 is 26.1. The van der Waals surface area contributed by atoms with Crippen molar-refractivity contribution in [2.75, 3.05) is 5.32 Å². The Morgan fingerprint density at radius 1 is 0.923 bits per heavy atom. The van der Waals surface area contributed by atoms with Crippen LogP contribution in [-0.4, -0.2) is 15.8 Å². The van der Waals surface area contributed by atoms with E-state index in [1.807, 2.05) is 0 Å². The van der Waals surface area contributed by atoms with E-state index in [-0.39, 0.29) is 23.3 Å². The van der Waals surface area contributed by atoms with Crippen LogP contribution in [0.5, 0.6) is 0 Å². The summed E-state index contributed by atoms with van der Waals surface area (Å²) in [4.78, 5) is 21.1. The first-order valence-electron chi connectivity index (χ1n) is 8.25. The number of anilines is 2. The first-order valence-corrected chi connectivity index (χ1v) is 8.25.